The molecule has 2 aromatic rings. The molecule has 0 radical (unpaired) electrons. The van der Waals surface area contributed by atoms with Gasteiger partial charge in [0.25, 0.3) is 0 Å². The van der Waals surface area contributed by atoms with Gasteiger partial charge in [-0.2, -0.15) is 0 Å². The van der Waals surface area contributed by atoms with Crippen molar-refractivity contribution in [2.75, 3.05) is 32.8 Å². The maximum absolute atomic E-state index is 12.5. The lowest BCUT2D eigenvalue weighted by Crippen LogP contribution is -2.45. The van der Waals surface area contributed by atoms with Crippen LogP contribution in [0.4, 0.5) is 0 Å². The zero-order valence-electron chi connectivity index (χ0n) is 18.0. The number of amides is 1. The zero-order valence-corrected chi connectivity index (χ0v) is 18.8. The summed E-state index contributed by atoms with van der Waals surface area (Å²) >= 11 is 0. The second kappa shape index (κ2) is 10.3. The summed E-state index contributed by atoms with van der Waals surface area (Å²) in [6, 6.07) is 15.0. The number of ether oxygens (including phenoxy) is 2. The van der Waals surface area contributed by atoms with E-state index in [1.54, 1.807) is 6.07 Å². The normalized spacial score (nSPS) is 17.1. The summed E-state index contributed by atoms with van der Waals surface area (Å²) in [5.74, 6) is 0.802. The number of fused-ring (bicyclic) bond motifs is 1. The predicted molar refractivity (Wildman–Crippen MR) is 120 cm³/mol. The van der Waals surface area contributed by atoms with Crippen LogP contribution in [0.15, 0.2) is 53.4 Å². The fourth-order valence-corrected chi connectivity index (χ4v) is 5.00. The van der Waals surface area contributed by atoms with E-state index >= 15 is 0 Å². The van der Waals surface area contributed by atoms with Gasteiger partial charge in [-0.25, -0.2) is 13.1 Å². The van der Waals surface area contributed by atoms with Crippen LogP contribution in [0.2, 0.25) is 0 Å². The second-order valence-electron chi connectivity index (χ2n) is 8.06. The van der Waals surface area contributed by atoms with E-state index in [0.29, 0.717) is 24.7 Å². The minimum atomic E-state index is -3.73. The molecular formula is C23H29N3O5S. The lowest BCUT2D eigenvalue weighted by molar-refractivity contribution is -0.121. The lowest BCUT2D eigenvalue weighted by Gasteiger charge is -2.32. The first-order valence-corrected chi connectivity index (χ1v) is 12.4. The van der Waals surface area contributed by atoms with Crippen molar-refractivity contribution in [1.82, 2.24) is 14.9 Å². The number of rotatable bonds is 8. The van der Waals surface area contributed by atoms with E-state index in [-0.39, 0.29) is 29.8 Å². The van der Waals surface area contributed by atoms with Gasteiger partial charge >= 0.3 is 0 Å². The van der Waals surface area contributed by atoms with E-state index in [2.05, 4.69) is 27.1 Å². The summed E-state index contributed by atoms with van der Waals surface area (Å²) in [4.78, 5) is 14.8. The highest BCUT2D eigenvalue weighted by Gasteiger charge is 2.22. The fourth-order valence-electron chi connectivity index (χ4n) is 3.95. The SMILES string of the molecule is O=C(CCNS(=O)(=O)c1ccc2c(c1)OCCO2)NC1CCN(Cc2ccccc2)CC1. The standard InChI is InChI=1S/C23H29N3O5S/c27-23(25-19-9-12-26(13-10-19)17-18-4-2-1-3-5-18)8-11-24-32(28,29)20-6-7-21-22(16-20)31-15-14-30-21/h1-7,16,19,24H,8-15,17H2,(H,25,27). The Balaban J connectivity index is 1.18. The van der Waals surface area contributed by atoms with Crippen LogP contribution in [0.3, 0.4) is 0 Å². The van der Waals surface area contributed by atoms with Crippen LogP contribution in [-0.4, -0.2) is 58.1 Å². The highest BCUT2D eigenvalue weighted by molar-refractivity contribution is 7.89. The molecule has 2 heterocycles. The zero-order chi connectivity index (χ0) is 22.4. The summed E-state index contributed by atoms with van der Waals surface area (Å²) in [7, 11) is -3.73. The molecule has 0 unspecified atom stereocenters. The van der Waals surface area contributed by atoms with Gasteiger partial charge in [-0.15, -0.1) is 0 Å². The molecule has 2 N–H and O–H groups in total. The molecule has 1 saturated heterocycles. The van der Waals surface area contributed by atoms with Crippen molar-refractivity contribution < 1.29 is 22.7 Å². The molecule has 9 heteroatoms. The Bertz CT molecular complexity index is 1020. The third-order valence-electron chi connectivity index (χ3n) is 5.67. The molecule has 4 rings (SSSR count). The van der Waals surface area contributed by atoms with E-state index < -0.39 is 10.0 Å². The highest BCUT2D eigenvalue weighted by atomic mass is 32.2. The molecule has 0 bridgehead atoms. The number of nitrogens with zero attached hydrogens (tertiary/aromatic N) is 1. The van der Waals surface area contributed by atoms with Gasteiger partial charge in [0.15, 0.2) is 11.5 Å². The van der Waals surface area contributed by atoms with Crippen molar-refractivity contribution in [3.63, 3.8) is 0 Å². The van der Waals surface area contributed by atoms with Gasteiger partial charge in [0.05, 0.1) is 4.90 Å². The van der Waals surface area contributed by atoms with Crippen molar-refractivity contribution in [2.24, 2.45) is 0 Å². The molecule has 8 nitrogen and oxygen atoms in total. The first-order chi connectivity index (χ1) is 15.5. The largest absolute Gasteiger partial charge is 0.486 e. The molecule has 2 aromatic carbocycles. The van der Waals surface area contributed by atoms with E-state index in [9.17, 15) is 13.2 Å². The Labute approximate surface area is 189 Å². The number of hydrogen-bond donors (Lipinski definition) is 2. The van der Waals surface area contributed by atoms with Gasteiger partial charge in [-0.1, -0.05) is 30.3 Å². The summed E-state index contributed by atoms with van der Waals surface area (Å²) in [6.45, 7) is 3.64. The monoisotopic (exact) mass is 459 g/mol. The first kappa shape index (κ1) is 22.6. The van der Waals surface area contributed by atoms with Crippen LogP contribution in [0, 0.1) is 0 Å². The van der Waals surface area contributed by atoms with Gasteiger partial charge in [-0.05, 0) is 30.5 Å². The summed E-state index contributed by atoms with van der Waals surface area (Å²) in [5.41, 5.74) is 1.29. The third-order valence-corrected chi connectivity index (χ3v) is 7.13. The maximum atomic E-state index is 12.5. The first-order valence-electron chi connectivity index (χ1n) is 10.9. The van der Waals surface area contributed by atoms with E-state index in [1.165, 1.54) is 17.7 Å². The Morgan fingerprint density at radius 1 is 1.00 bits per heavy atom. The number of carbonyl (C=O) groups excluding carboxylic acids is 1. The number of benzene rings is 2. The Hall–Kier alpha value is -2.62. The number of sulfonamides is 1. The van der Waals surface area contributed by atoms with Crippen molar-refractivity contribution in [2.45, 2.75) is 36.7 Å². The molecule has 32 heavy (non-hydrogen) atoms. The molecule has 0 aliphatic carbocycles. The summed E-state index contributed by atoms with van der Waals surface area (Å²) in [5, 5.41) is 3.03. The molecule has 2 aliphatic rings. The molecule has 2 aliphatic heterocycles. The van der Waals surface area contributed by atoms with Crippen molar-refractivity contribution >= 4 is 15.9 Å². The topological polar surface area (TPSA) is 97.0 Å². The second-order valence-corrected chi connectivity index (χ2v) is 9.82. The molecule has 0 aromatic heterocycles. The van der Waals surface area contributed by atoms with Gasteiger partial charge in [-0.3, -0.25) is 9.69 Å². The fraction of sp³-hybridized carbons (Fsp3) is 0.435. The smallest absolute Gasteiger partial charge is 0.240 e. The van der Waals surface area contributed by atoms with Gasteiger partial charge < -0.3 is 14.8 Å². The van der Waals surface area contributed by atoms with Gasteiger partial charge in [0, 0.05) is 44.7 Å². The van der Waals surface area contributed by atoms with Crippen LogP contribution in [0.25, 0.3) is 0 Å². The summed E-state index contributed by atoms with van der Waals surface area (Å²) in [6.07, 6.45) is 1.87. The molecular weight excluding hydrogens is 430 g/mol. The van der Waals surface area contributed by atoms with E-state index in [1.807, 2.05) is 18.2 Å². The molecule has 0 spiro atoms. The van der Waals surface area contributed by atoms with Gasteiger partial charge in [0.1, 0.15) is 13.2 Å². The van der Waals surface area contributed by atoms with Crippen molar-refractivity contribution in [3.05, 3.63) is 54.1 Å². The van der Waals surface area contributed by atoms with Crippen LogP contribution in [-0.2, 0) is 21.4 Å². The predicted octanol–water partition coefficient (Wildman–Crippen LogP) is 1.91. The Morgan fingerprint density at radius 3 is 2.47 bits per heavy atom. The van der Waals surface area contributed by atoms with Crippen LogP contribution in [0.1, 0.15) is 24.8 Å². The number of piperidine rings is 1. The minimum absolute atomic E-state index is 0.0372. The number of likely N-dealkylation sites (tertiary alicyclic amines) is 1. The van der Waals surface area contributed by atoms with E-state index in [4.69, 9.17) is 9.47 Å². The molecule has 1 fully saturated rings. The van der Waals surface area contributed by atoms with Gasteiger partial charge in [0.2, 0.25) is 15.9 Å². The quantitative estimate of drug-likeness (QED) is 0.626. The molecule has 0 saturated carbocycles. The van der Waals surface area contributed by atoms with E-state index in [0.717, 1.165) is 32.5 Å². The van der Waals surface area contributed by atoms with Crippen LogP contribution >= 0.6 is 0 Å². The number of nitrogens with one attached hydrogen (secondary N) is 2. The van der Waals surface area contributed by atoms with Crippen molar-refractivity contribution in [1.29, 1.82) is 0 Å². The van der Waals surface area contributed by atoms with Crippen LogP contribution in [0.5, 0.6) is 11.5 Å². The molecule has 0 atom stereocenters. The van der Waals surface area contributed by atoms with Crippen LogP contribution < -0.4 is 19.5 Å². The maximum Gasteiger partial charge on any atom is 0.240 e. The number of carbonyl (C=O) groups is 1. The Kier molecular flexibility index (Phi) is 7.29. The average Bonchev–Trinajstić information content (AvgIpc) is 2.80. The summed E-state index contributed by atoms with van der Waals surface area (Å²) < 4.78 is 38.4. The Morgan fingerprint density at radius 2 is 1.72 bits per heavy atom. The molecule has 1 amide bonds. The highest BCUT2D eigenvalue weighted by Crippen LogP contribution is 2.32. The van der Waals surface area contributed by atoms with Crippen molar-refractivity contribution in [3.8, 4) is 11.5 Å². The average molecular weight is 460 g/mol. The minimum Gasteiger partial charge on any atom is -0.486 e. The molecule has 172 valence electrons. The number of hydrogen-bond acceptors (Lipinski definition) is 6. The third kappa shape index (κ3) is 5.99. The lowest BCUT2D eigenvalue weighted by atomic mass is 10.0.